The lowest BCUT2D eigenvalue weighted by Gasteiger charge is -2.12. The van der Waals surface area contributed by atoms with Crippen LogP contribution in [0.25, 0.3) is 0 Å². The number of aromatic nitrogens is 2. The van der Waals surface area contributed by atoms with E-state index in [1.165, 1.54) is 19.5 Å². The number of ether oxygens (including phenoxy) is 3. The maximum atomic E-state index is 12.5. The molecule has 3 aromatic rings. The Labute approximate surface area is 162 Å². The molecule has 8 nitrogen and oxygen atoms in total. The van der Waals surface area contributed by atoms with E-state index in [0.717, 1.165) is 5.69 Å². The van der Waals surface area contributed by atoms with Gasteiger partial charge in [0.15, 0.2) is 0 Å². The van der Waals surface area contributed by atoms with Crippen LogP contribution in [0.2, 0.25) is 0 Å². The van der Waals surface area contributed by atoms with Gasteiger partial charge in [0.25, 0.3) is 5.91 Å². The lowest BCUT2D eigenvalue weighted by molar-refractivity contribution is 0.102. The number of hydrogen-bond acceptors (Lipinski definition) is 7. The van der Waals surface area contributed by atoms with Gasteiger partial charge in [0, 0.05) is 6.07 Å². The quantitative estimate of drug-likeness (QED) is 0.648. The van der Waals surface area contributed by atoms with Gasteiger partial charge in [-0.3, -0.25) is 4.79 Å². The summed E-state index contributed by atoms with van der Waals surface area (Å²) in [6.45, 7) is 0. The molecule has 0 radical (unpaired) electrons. The zero-order valence-corrected chi connectivity index (χ0v) is 15.7. The topological polar surface area (TPSA) is 94.6 Å². The van der Waals surface area contributed by atoms with Gasteiger partial charge in [-0.25, -0.2) is 9.97 Å². The van der Waals surface area contributed by atoms with E-state index < -0.39 is 5.91 Å². The highest BCUT2D eigenvalue weighted by atomic mass is 16.5. The molecule has 1 heterocycles. The van der Waals surface area contributed by atoms with Crippen molar-refractivity contribution in [3.63, 3.8) is 0 Å². The van der Waals surface area contributed by atoms with Crippen LogP contribution in [0.4, 0.5) is 17.2 Å². The van der Waals surface area contributed by atoms with Crippen molar-refractivity contribution in [3.05, 3.63) is 60.6 Å². The molecule has 0 atom stereocenters. The van der Waals surface area contributed by atoms with E-state index in [9.17, 15) is 4.79 Å². The molecule has 2 aromatic carbocycles. The Morgan fingerprint density at radius 2 is 1.64 bits per heavy atom. The maximum Gasteiger partial charge on any atom is 0.275 e. The predicted molar refractivity (Wildman–Crippen MR) is 106 cm³/mol. The Morgan fingerprint density at radius 3 is 2.32 bits per heavy atom. The molecule has 28 heavy (non-hydrogen) atoms. The van der Waals surface area contributed by atoms with Gasteiger partial charge in [0.1, 0.15) is 28.8 Å². The van der Waals surface area contributed by atoms with Gasteiger partial charge in [-0.1, -0.05) is 12.1 Å². The van der Waals surface area contributed by atoms with Crippen LogP contribution < -0.4 is 24.8 Å². The van der Waals surface area contributed by atoms with Crippen molar-refractivity contribution < 1.29 is 19.0 Å². The summed E-state index contributed by atoms with van der Waals surface area (Å²) >= 11 is 0. The molecule has 144 valence electrons. The fourth-order valence-electron chi connectivity index (χ4n) is 2.48. The molecule has 0 aliphatic carbocycles. The second-order valence-electron chi connectivity index (χ2n) is 5.63. The summed E-state index contributed by atoms with van der Waals surface area (Å²) in [5.41, 5.74) is 1.43. The first-order chi connectivity index (χ1) is 13.6. The number of para-hydroxylation sites is 2. The van der Waals surface area contributed by atoms with Crippen LogP contribution in [-0.4, -0.2) is 37.2 Å². The molecule has 0 aliphatic heterocycles. The van der Waals surface area contributed by atoms with Gasteiger partial charge in [-0.2, -0.15) is 0 Å². The van der Waals surface area contributed by atoms with E-state index in [0.29, 0.717) is 28.8 Å². The third-order valence-electron chi connectivity index (χ3n) is 3.91. The number of anilines is 3. The van der Waals surface area contributed by atoms with Gasteiger partial charge < -0.3 is 24.8 Å². The first-order valence-corrected chi connectivity index (χ1v) is 8.40. The highest BCUT2D eigenvalue weighted by Crippen LogP contribution is 2.29. The molecule has 0 unspecified atom stereocenters. The minimum absolute atomic E-state index is 0.170. The molecular weight excluding hydrogens is 360 g/mol. The summed E-state index contributed by atoms with van der Waals surface area (Å²) in [5, 5.41) is 5.86. The van der Waals surface area contributed by atoms with Gasteiger partial charge in [-0.05, 0) is 24.3 Å². The fourth-order valence-corrected chi connectivity index (χ4v) is 2.48. The van der Waals surface area contributed by atoms with E-state index in [2.05, 4.69) is 20.6 Å². The van der Waals surface area contributed by atoms with Crippen molar-refractivity contribution in [2.45, 2.75) is 0 Å². The minimum atomic E-state index is -0.403. The molecule has 0 spiro atoms. The van der Waals surface area contributed by atoms with Crippen molar-refractivity contribution in [1.29, 1.82) is 0 Å². The Hall–Kier alpha value is -3.81. The van der Waals surface area contributed by atoms with Crippen LogP contribution >= 0.6 is 0 Å². The van der Waals surface area contributed by atoms with E-state index in [-0.39, 0.29) is 5.69 Å². The number of benzene rings is 2. The number of carbonyl (C=O) groups excluding carboxylic acids is 1. The SMILES string of the molecule is COc1ccc(NC(=O)c2cnc(Nc3ccccc3OC)cn2)c(OC)c1. The molecule has 8 heteroatoms. The number of amides is 1. The highest BCUT2D eigenvalue weighted by Gasteiger charge is 2.13. The number of nitrogens with zero attached hydrogens (tertiary/aromatic N) is 2. The molecule has 0 saturated carbocycles. The van der Waals surface area contributed by atoms with Crippen LogP contribution in [0.1, 0.15) is 10.5 Å². The van der Waals surface area contributed by atoms with E-state index >= 15 is 0 Å². The second kappa shape index (κ2) is 8.72. The number of rotatable bonds is 7. The smallest absolute Gasteiger partial charge is 0.275 e. The molecule has 0 bridgehead atoms. The number of methoxy groups -OCH3 is 3. The summed E-state index contributed by atoms with van der Waals surface area (Å²) in [6.07, 6.45) is 2.87. The van der Waals surface area contributed by atoms with E-state index in [1.807, 2.05) is 24.3 Å². The van der Waals surface area contributed by atoms with Gasteiger partial charge in [0.2, 0.25) is 0 Å². The number of carbonyl (C=O) groups is 1. The first-order valence-electron chi connectivity index (χ1n) is 8.40. The van der Waals surface area contributed by atoms with Gasteiger partial charge in [-0.15, -0.1) is 0 Å². The standard InChI is InChI=1S/C20H20N4O4/c1-26-13-8-9-15(18(10-13)28-3)24-20(25)16-11-22-19(12-21-16)23-14-6-4-5-7-17(14)27-2/h4-12H,1-3H3,(H,22,23)(H,24,25). The monoisotopic (exact) mass is 380 g/mol. The van der Waals surface area contributed by atoms with Crippen molar-refractivity contribution >= 4 is 23.1 Å². The average Bonchev–Trinajstić information content (AvgIpc) is 2.74. The fraction of sp³-hybridized carbons (Fsp3) is 0.150. The Kier molecular flexibility index (Phi) is 5.91. The van der Waals surface area contributed by atoms with E-state index in [1.54, 1.807) is 32.4 Å². The zero-order chi connectivity index (χ0) is 19.9. The van der Waals surface area contributed by atoms with Crippen molar-refractivity contribution in [1.82, 2.24) is 9.97 Å². The Balaban J connectivity index is 1.72. The largest absolute Gasteiger partial charge is 0.497 e. The lowest BCUT2D eigenvalue weighted by Crippen LogP contribution is -2.15. The predicted octanol–water partition coefficient (Wildman–Crippen LogP) is 3.50. The number of hydrogen-bond donors (Lipinski definition) is 2. The number of nitrogens with one attached hydrogen (secondary N) is 2. The van der Waals surface area contributed by atoms with Crippen molar-refractivity contribution in [2.75, 3.05) is 32.0 Å². The first kappa shape index (κ1) is 19.0. The average molecular weight is 380 g/mol. The Morgan fingerprint density at radius 1 is 0.857 bits per heavy atom. The van der Waals surface area contributed by atoms with Crippen LogP contribution in [-0.2, 0) is 0 Å². The molecule has 1 amide bonds. The molecule has 0 aliphatic rings. The summed E-state index contributed by atoms with van der Waals surface area (Å²) in [4.78, 5) is 20.9. The lowest BCUT2D eigenvalue weighted by atomic mass is 10.2. The third kappa shape index (κ3) is 4.29. The Bertz CT molecular complexity index is 961. The highest BCUT2D eigenvalue weighted by molar-refractivity contribution is 6.03. The normalized spacial score (nSPS) is 10.1. The molecule has 2 N–H and O–H groups in total. The van der Waals surface area contributed by atoms with Crippen LogP contribution in [0, 0.1) is 0 Å². The molecule has 3 rings (SSSR count). The molecule has 1 aromatic heterocycles. The molecular formula is C20H20N4O4. The van der Waals surface area contributed by atoms with Crippen molar-refractivity contribution in [3.8, 4) is 17.2 Å². The maximum absolute atomic E-state index is 12.5. The molecule has 0 saturated heterocycles. The van der Waals surface area contributed by atoms with E-state index in [4.69, 9.17) is 14.2 Å². The van der Waals surface area contributed by atoms with Gasteiger partial charge in [0.05, 0.1) is 45.1 Å². The zero-order valence-electron chi connectivity index (χ0n) is 15.7. The van der Waals surface area contributed by atoms with Crippen LogP contribution in [0.3, 0.4) is 0 Å². The summed E-state index contributed by atoms with van der Waals surface area (Å²) in [6, 6.07) is 12.5. The third-order valence-corrected chi connectivity index (χ3v) is 3.91. The van der Waals surface area contributed by atoms with Crippen LogP contribution in [0.15, 0.2) is 54.9 Å². The summed E-state index contributed by atoms with van der Waals surface area (Å²) < 4.78 is 15.7. The van der Waals surface area contributed by atoms with Crippen LogP contribution in [0.5, 0.6) is 17.2 Å². The summed E-state index contributed by atoms with van der Waals surface area (Å²) in [5.74, 6) is 1.87. The summed E-state index contributed by atoms with van der Waals surface area (Å²) in [7, 11) is 4.67. The minimum Gasteiger partial charge on any atom is -0.497 e. The van der Waals surface area contributed by atoms with Gasteiger partial charge >= 0.3 is 0 Å². The molecule has 0 fully saturated rings. The van der Waals surface area contributed by atoms with Crippen molar-refractivity contribution in [2.24, 2.45) is 0 Å². The second-order valence-corrected chi connectivity index (χ2v) is 5.63.